The summed E-state index contributed by atoms with van der Waals surface area (Å²) in [5.74, 6) is 0. The first-order chi connectivity index (χ1) is 16.5. The number of aliphatic hydroxyl groups is 1. The summed E-state index contributed by atoms with van der Waals surface area (Å²) in [6.45, 7) is 0. The van der Waals surface area contributed by atoms with Crippen LogP contribution in [-0.2, 0) is 25.1 Å². The first-order valence-corrected chi connectivity index (χ1v) is 12.8. The molecule has 11 nitrogen and oxygen atoms in total. The van der Waals surface area contributed by atoms with Crippen LogP contribution < -0.4 is 0 Å². The molecule has 4 rings (SSSR count). The lowest BCUT2D eigenvalue weighted by Crippen LogP contribution is -2.59. The van der Waals surface area contributed by atoms with Crippen molar-refractivity contribution in [2.45, 2.75) is 9.80 Å². The van der Waals surface area contributed by atoms with Gasteiger partial charge in [-0.25, -0.2) is 0 Å². The Kier molecular flexibility index (Phi) is 6.21. The predicted octanol–water partition coefficient (Wildman–Crippen LogP) is 4.53. The van der Waals surface area contributed by atoms with Crippen LogP contribution in [0.3, 0.4) is 0 Å². The molecule has 3 aromatic carbocycles. The molecule has 0 spiro atoms. The third kappa shape index (κ3) is 4.31. The minimum Gasteiger partial charge on any atom is -0.366 e. The average Bonchev–Trinajstić information content (AvgIpc) is 2.82. The number of hydrogen-bond acceptors (Lipinski definition) is 9. The molecule has 0 saturated heterocycles. The topological polar surface area (TPSA) is 178 Å². The zero-order valence-corrected chi connectivity index (χ0v) is 19.4. The molecule has 1 aliphatic carbocycles. The highest BCUT2D eigenvalue weighted by Gasteiger charge is 2.69. The number of nitrogens with zero attached hydrogens (tertiary/aromatic N) is 4. The molecule has 0 aromatic heterocycles. The predicted molar refractivity (Wildman–Crippen MR) is 127 cm³/mol. The van der Waals surface area contributed by atoms with Crippen LogP contribution in [-0.4, -0.2) is 36.0 Å². The van der Waals surface area contributed by atoms with Crippen molar-refractivity contribution in [2.75, 3.05) is 0 Å². The molecule has 0 fully saturated rings. The maximum atomic E-state index is 12.6. The van der Waals surface area contributed by atoms with Gasteiger partial charge in [-0.3, -0.25) is 9.11 Å². The third-order valence-corrected chi connectivity index (χ3v) is 7.97. The highest BCUT2D eigenvalue weighted by Crippen LogP contribution is 2.50. The van der Waals surface area contributed by atoms with Crippen molar-refractivity contribution >= 4 is 43.4 Å². The van der Waals surface area contributed by atoms with Gasteiger partial charge >= 0.3 is 20.2 Å². The summed E-state index contributed by atoms with van der Waals surface area (Å²) in [4.78, 5) is -6.89. The van der Waals surface area contributed by atoms with E-state index in [0.717, 1.165) is 12.1 Å². The fraction of sp³-hybridized carbons (Fsp3) is 0.0909. The number of rotatable bonds is 6. The van der Waals surface area contributed by atoms with Crippen LogP contribution in [0, 0.1) is 0 Å². The Labute approximate surface area is 200 Å². The van der Waals surface area contributed by atoms with Crippen LogP contribution in [0.25, 0.3) is 6.08 Å². The van der Waals surface area contributed by atoms with Crippen LogP contribution in [0.5, 0.6) is 0 Å². The normalized spacial score (nSPS) is 22.5. The summed E-state index contributed by atoms with van der Waals surface area (Å²) in [7, 11) is -11.1. The van der Waals surface area contributed by atoms with Crippen LogP contribution in [0.2, 0.25) is 0 Å². The van der Waals surface area contributed by atoms with E-state index in [1.165, 1.54) is 42.5 Å². The maximum absolute atomic E-state index is 12.6. The molecule has 2 unspecified atom stereocenters. The van der Waals surface area contributed by atoms with Gasteiger partial charge in [0.1, 0.15) is 0 Å². The Morgan fingerprint density at radius 3 is 1.71 bits per heavy atom. The Balaban J connectivity index is 1.80. The molecule has 0 amide bonds. The number of azo groups is 2. The van der Waals surface area contributed by atoms with Gasteiger partial charge in [-0.15, -0.1) is 0 Å². The van der Waals surface area contributed by atoms with E-state index >= 15 is 0 Å². The van der Waals surface area contributed by atoms with Crippen LogP contribution in [0.1, 0.15) is 11.1 Å². The first-order valence-electron chi connectivity index (χ1n) is 9.93. The molecule has 3 aromatic rings. The first kappa shape index (κ1) is 24.5. The molecular weight excluding hydrogens is 496 g/mol. The summed E-state index contributed by atoms with van der Waals surface area (Å²) in [6.07, 6.45) is 1.62. The van der Waals surface area contributed by atoms with E-state index < -0.39 is 35.6 Å². The van der Waals surface area contributed by atoms with Crippen molar-refractivity contribution in [3.63, 3.8) is 0 Å². The largest absolute Gasteiger partial charge is 0.366 e. The lowest BCUT2D eigenvalue weighted by molar-refractivity contribution is 0.104. The Hall–Kier alpha value is -3.62. The minimum atomic E-state index is -5.56. The van der Waals surface area contributed by atoms with Crippen molar-refractivity contribution in [1.29, 1.82) is 0 Å². The van der Waals surface area contributed by atoms with E-state index in [-0.39, 0.29) is 11.3 Å². The standard InChI is InChI=1S/C22H18N4O7S2/c27-21(34(28,29)30)15-14-16-6-4-5-9-20(16)22(21,35(31,32)33)26-25-19-12-10-18(11-13-19)24-23-17-7-2-1-3-8-17/h1-15,27H,(H,28,29,30)(H,31,32,33). The molecule has 0 saturated carbocycles. The fourth-order valence-corrected chi connectivity index (χ4v) is 5.96. The van der Waals surface area contributed by atoms with E-state index in [0.29, 0.717) is 17.5 Å². The molecule has 13 heteroatoms. The monoisotopic (exact) mass is 514 g/mol. The van der Waals surface area contributed by atoms with Gasteiger partial charge < -0.3 is 5.11 Å². The molecule has 0 aliphatic heterocycles. The van der Waals surface area contributed by atoms with Gasteiger partial charge in [-0.2, -0.15) is 37.3 Å². The van der Waals surface area contributed by atoms with E-state index in [4.69, 9.17) is 0 Å². The highest BCUT2D eigenvalue weighted by molar-refractivity contribution is 7.91. The Morgan fingerprint density at radius 2 is 1.14 bits per heavy atom. The molecule has 0 radical (unpaired) electrons. The van der Waals surface area contributed by atoms with Crippen LogP contribution >= 0.6 is 0 Å². The van der Waals surface area contributed by atoms with Crippen molar-refractivity contribution in [3.05, 3.63) is 96.1 Å². The summed E-state index contributed by atoms with van der Waals surface area (Å²) < 4.78 is 69.6. The SMILES string of the molecule is O=S(=O)(O)C1(O)C=Cc2ccccc2C1(N=Nc1ccc(N=Nc2ccccc2)cc1)S(=O)(=O)O. The Morgan fingerprint density at radius 1 is 0.629 bits per heavy atom. The second-order valence-corrected chi connectivity index (χ2v) is 10.6. The second-order valence-electron chi connectivity index (χ2n) is 7.46. The van der Waals surface area contributed by atoms with Gasteiger partial charge in [0.15, 0.2) is 0 Å². The van der Waals surface area contributed by atoms with E-state index in [1.54, 1.807) is 24.3 Å². The van der Waals surface area contributed by atoms with Crippen molar-refractivity contribution in [2.24, 2.45) is 20.5 Å². The highest BCUT2D eigenvalue weighted by atomic mass is 32.2. The molecular formula is C22H18N4O7S2. The van der Waals surface area contributed by atoms with Gasteiger partial charge in [-0.1, -0.05) is 48.5 Å². The van der Waals surface area contributed by atoms with E-state index in [2.05, 4.69) is 20.5 Å². The molecule has 1 aliphatic rings. The van der Waals surface area contributed by atoms with Crippen molar-refractivity contribution in [3.8, 4) is 0 Å². The van der Waals surface area contributed by atoms with Crippen molar-refractivity contribution in [1.82, 2.24) is 0 Å². The molecule has 0 heterocycles. The van der Waals surface area contributed by atoms with E-state index in [9.17, 15) is 31.0 Å². The zero-order chi connectivity index (χ0) is 25.3. The van der Waals surface area contributed by atoms with Gasteiger partial charge in [0.25, 0.3) is 9.80 Å². The lowest BCUT2D eigenvalue weighted by atomic mass is 9.90. The smallest absolute Gasteiger partial charge is 0.303 e. The van der Waals surface area contributed by atoms with E-state index in [1.807, 2.05) is 6.07 Å². The molecule has 3 N–H and O–H groups in total. The average molecular weight is 515 g/mol. The van der Waals surface area contributed by atoms with Crippen molar-refractivity contribution < 1.29 is 31.0 Å². The third-order valence-electron chi connectivity index (χ3n) is 5.26. The van der Waals surface area contributed by atoms with Gasteiger partial charge in [0.05, 0.1) is 17.1 Å². The molecule has 2 atom stereocenters. The summed E-state index contributed by atoms with van der Waals surface area (Å²) >= 11 is 0. The quantitative estimate of drug-likeness (QED) is 0.319. The fourth-order valence-electron chi connectivity index (χ4n) is 3.55. The summed E-state index contributed by atoms with van der Waals surface area (Å²) in [6, 6.07) is 20.1. The maximum Gasteiger partial charge on any atom is 0.303 e. The number of benzene rings is 3. The second kappa shape index (κ2) is 8.87. The van der Waals surface area contributed by atoms with Crippen LogP contribution in [0.4, 0.5) is 17.1 Å². The number of hydrogen-bond donors (Lipinski definition) is 3. The minimum absolute atomic E-state index is 0.0383. The zero-order valence-electron chi connectivity index (χ0n) is 17.7. The lowest BCUT2D eigenvalue weighted by Gasteiger charge is -2.39. The molecule has 0 bridgehead atoms. The molecule has 35 heavy (non-hydrogen) atoms. The number of fused-ring (bicyclic) bond motifs is 1. The summed E-state index contributed by atoms with van der Waals surface area (Å²) in [5.41, 5.74) is 0.824. The Bertz CT molecular complexity index is 1550. The summed E-state index contributed by atoms with van der Waals surface area (Å²) in [5, 5.41) is 26.5. The van der Waals surface area contributed by atoms with Gasteiger partial charge in [0, 0.05) is 5.56 Å². The molecule has 180 valence electrons. The van der Waals surface area contributed by atoms with Crippen LogP contribution in [0.15, 0.2) is 105 Å². The van der Waals surface area contributed by atoms with Gasteiger partial charge in [0.2, 0.25) is 0 Å². The van der Waals surface area contributed by atoms with Gasteiger partial charge in [-0.05, 0) is 48.0 Å².